The molecule has 1 amide bonds. The van der Waals surface area contributed by atoms with Gasteiger partial charge in [-0.1, -0.05) is 22.9 Å². The maximum Gasteiger partial charge on any atom is 0.387 e. The fourth-order valence-corrected chi connectivity index (χ4v) is 3.91. The normalized spacial score (nSPS) is 11.9. The van der Waals surface area contributed by atoms with Gasteiger partial charge in [-0.2, -0.15) is 8.78 Å². The van der Waals surface area contributed by atoms with E-state index in [9.17, 15) is 18.4 Å². The minimum absolute atomic E-state index is 0.0338. The van der Waals surface area contributed by atoms with Crippen molar-refractivity contribution in [2.24, 2.45) is 5.73 Å². The molecular formula is C20H17ClF2N4O3S. The number of primary amides is 1. The highest BCUT2D eigenvalue weighted by atomic mass is 35.5. The lowest BCUT2D eigenvalue weighted by molar-refractivity contribution is -0.118. The number of rotatable bonds is 8. The number of nitrogens with two attached hydrogens (primary N) is 2. The van der Waals surface area contributed by atoms with Gasteiger partial charge in [-0.05, 0) is 55.5 Å². The monoisotopic (exact) mass is 466 g/mol. The zero-order valence-electron chi connectivity index (χ0n) is 16.1. The van der Waals surface area contributed by atoms with Crippen LogP contribution in [0, 0.1) is 0 Å². The van der Waals surface area contributed by atoms with E-state index >= 15 is 0 Å². The summed E-state index contributed by atoms with van der Waals surface area (Å²) in [5.74, 6) is -1.17. The number of amides is 1. The molecule has 1 aromatic heterocycles. The first-order valence-electron chi connectivity index (χ1n) is 8.87. The van der Waals surface area contributed by atoms with Crippen LogP contribution in [0.25, 0.3) is 0 Å². The molecule has 0 radical (unpaired) electrons. The van der Waals surface area contributed by atoms with E-state index in [1.165, 1.54) is 24.3 Å². The summed E-state index contributed by atoms with van der Waals surface area (Å²) in [6, 6.07) is 11.1. The van der Waals surface area contributed by atoms with E-state index < -0.39 is 24.3 Å². The Labute approximate surface area is 185 Å². The lowest BCUT2D eigenvalue weighted by atomic mass is 10.1. The van der Waals surface area contributed by atoms with Crippen LogP contribution in [0.15, 0.2) is 48.5 Å². The Kier molecular flexibility index (Phi) is 6.71. The van der Waals surface area contributed by atoms with Gasteiger partial charge in [0.1, 0.15) is 22.5 Å². The molecule has 0 saturated carbocycles. The summed E-state index contributed by atoms with van der Waals surface area (Å²) in [5, 5.41) is 0.788. The maximum atomic E-state index is 12.9. The molecular weight excluding hydrogens is 450 g/mol. The number of benzene rings is 2. The average Bonchev–Trinajstić information content (AvgIpc) is 3.10. The van der Waals surface area contributed by atoms with Crippen LogP contribution in [-0.2, 0) is 4.79 Å². The Morgan fingerprint density at radius 1 is 1.13 bits per heavy atom. The largest absolute Gasteiger partial charge is 0.435 e. The summed E-state index contributed by atoms with van der Waals surface area (Å²) in [5.41, 5.74) is 12.3. The Morgan fingerprint density at radius 2 is 1.74 bits per heavy atom. The van der Waals surface area contributed by atoms with Crippen molar-refractivity contribution in [3.05, 3.63) is 64.0 Å². The molecule has 4 N–H and O–H groups in total. The fourth-order valence-electron chi connectivity index (χ4n) is 2.73. The second-order valence-corrected chi connectivity index (χ2v) is 7.78. The van der Waals surface area contributed by atoms with E-state index in [0.29, 0.717) is 10.7 Å². The van der Waals surface area contributed by atoms with E-state index in [1.54, 1.807) is 36.1 Å². The Balaban J connectivity index is 1.95. The van der Waals surface area contributed by atoms with E-state index in [1.807, 2.05) is 0 Å². The number of carbonyl (C=O) groups is 2. The van der Waals surface area contributed by atoms with Crippen molar-refractivity contribution >= 4 is 51.3 Å². The second kappa shape index (κ2) is 9.27. The van der Waals surface area contributed by atoms with Gasteiger partial charge in [0.15, 0.2) is 5.13 Å². The molecule has 0 aliphatic heterocycles. The molecule has 162 valence electrons. The molecule has 0 aliphatic carbocycles. The van der Waals surface area contributed by atoms with Gasteiger partial charge in [-0.3, -0.25) is 9.59 Å². The molecule has 1 atom stereocenters. The number of ether oxygens (including phenoxy) is 1. The summed E-state index contributed by atoms with van der Waals surface area (Å²) in [6.07, 6.45) is 0. The summed E-state index contributed by atoms with van der Waals surface area (Å²) < 4.78 is 28.9. The molecule has 0 fully saturated rings. The van der Waals surface area contributed by atoms with Gasteiger partial charge >= 0.3 is 6.61 Å². The quantitative estimate of drug-likeness (QED) is 0.481. The van der Waals surface area contributed by atoms with Gasteiger partial charge in [0.2, 0.25) is 11.7 Å². The van der Waals surface area contributed by atoms with E-state index in [-0.39, 0.29) is 27.1 Å². The third-order valence-corrected chi connectivity index (χ3v) is 5.62. The van der Waals surface area contributed by atoms with E-state index in [0.717, 1.165) is 11.3 Å². The molecule has 7 nitrogen and oxygen atoms in total. The van der Waals surface area contributed by atoms with Gasteiger partial charge in [0, 0.05) is 16.3 Å². The van der Waals surface area contributed by atoms with Gasteiger partial charge in [-0.25, -0.2) is 4.98 Å². The van der Waals surface area contributed by atoms with Crippen LogP contribution in [0.1, 0.15) is 22.2 Å². The van der Waals surface area contributed by atoms with Crippen LogP contribution >= 0.6 is 22.9 Å². The number of nitrogens with zero attached hydrogens (tertiary/aromatic N) is 2. The molecule has 0 saturated heterocycles. The number of anilines is 3. The number of halogens is 3. The predicted molar refractivity (Wildman–Crippen MR) is 115 cm³/mol. The fraction of sp³-hybridized carbons (Fsp3) is 0.150. The molecule has 3 rings (SSSR count). The van der Waals surface area contributed by atoms with Gasteiger partial charge in [-0.15, -0.1) is 0 Å². The Morgan fingerprint density at radius 3 is 2.29 bits per heavy atom. The van der Waals surface area contributed by atoms with E-state index in [4.69, 9.17) is 23.1 Å². The smallest absolute Gasteiger partial charge is 0.387 e. The molecule has 2 aromatic carbocycles. The Bertz CT molecular complexity index is 1090. The number of ketones is 1. The lowest BCUT2D eigenvalue weighted by Gasteiger charge is -2.26. The topological polar surface area (TPSA) is 112 Å². The Hall–Kier alpha value is -3.24. The standard InChI is InChI=1S/C20H17ClF2N4O3S/c1-10(18(25)29)27(13-6-4-12(21)5-7-13)20-26-17(24)16(31-20)15(28)11-2-8-14(9-3-11)30-19(22)23/h2-10,19H,24H2,1H3,(H2,25,29)/t10-/m1/s1. The van der Waals surface area contributed by atoms with Crippen molar-refractivity contribution in [3.8, 4) is 5.75 Å². The minimum Gasteiger partial charge on any atom is -0.435 e. The lowest BCUT2D eigenvalue weighted by Crippen LogP contribution is -2.39. The van der Waals surface area contributed by atoms with Crippen molar-refractivity contribution in [2.45, 2.75) is 19.6 Å². The number of carbonyl (C=O) groups excluding carboxylic acids is 2. The maximum absolute atomic E-state index is 12.9. The first-order chi connectivity index (χ1) is 14.7. The second-order valence-electron chi connectivity index (χ2n) is 6.37. The zero-order chi connectivity index (χ0) is 22.7. The van der Waals surface area contributed by atoms with Gasteiger partial charge in [0.25, 0.3) is 0 Å². The number of hydrogen-bond acceptors (Lipinski definition) is 7. The SMILES string of the molecule is C[C@H](C(N)=O)N(c1ccc(Cl)cc1)c1nc(N)c(C(=O)c2ccc(OC(F)F)cc2)s1. The molecule has 0 unspecified atom stereocenters. The molecule has 3 aromatic rings. The highest BCUT2D eigenvalue weighted by molar-refractivity contribution is 7.18. The highest BCUT2D eigenvalue weighted by Gasteiger charge is 2.27. The predicted octanol–water partition coefficient (Wildman–Crippen LogP) is 4.22. The summed E-state index contributed by atoms with van der Waals surface area (Å²) in [7, 11) is 0. The summed E-state index contributed by atoms with van der Waals surface area (Å²) in [6.45, 7) is -1.37. The van der Waals surface area contributed by atoms with Crippen LogP contribution < -0.4 is 21.1 Å². The molecule has 31 heavy (non-hydrogen) atoms. The number of thiazole rings is 1. The van der Waals surface area contributed by atoms with Crippen LogP contribution in [0.3, 0.4) is 0 Å². The number of nitrogen functional groups attached to an aromatic ring is 1. The minimum atomic E-state index is -2.97. The molecule has 1 heterocycles. The van der Waals surface area contributed by atoms with Crippen LogP contribution in [0.4, 0.5) is 25.4 Å². The van der Waals surface area contributed by atoms with Crippen molar-refractivity contribution < 1.29 is 23.1 Å². The average molecular weight is 467 g/mol. The van der Waals surface area contributed by atoms with Crippen molar-refractivity contribution in [1.29, 1.82) is 0 Å². The van der Waals surface area contributed by atoms with E-state index in [2.05, 4.69) is 9.72 Å². The van der Waals surface area contributed by atoms with Crippen molar-refractivity contribution in [2.75, 3.05) is 10.6 Å². The highest BCUT2D eigenvalue weighted by Crippen LogP contribution is 2.36. The number of alkyl halides is 2. The van der Waals surface area contributed by atoms with Gasteiger partial charge < -0.3 is 21.1 Å². The summed E-state index contributed by atoms with van der Waals surface area (Å²) >= 11 is 6.92. The third kappa shape index (κ3) is 5.09. The van der Waals surface area contributed by atoms with Gasteiger partial charge in [0.05, 0.1) is 0 Å². The summed E-state index contributed by atoms with van der Waals surface area (Å²) in [4.78, 5) is 30.7. The first kappa shape index (κ1) is 22.4. The molecule has 11 heteroatoms. The molecule has 0 spiro atoms. The van der Waals surface area contributed by atoms with Crippen LogP contribution in [-0.4, -0.2) is 29.3 Å². The third-order valence-electron chi connectivity index (χ3n) is 4.30. The molecule has 0 bridgehead atoms. The first-order valence-corrected chi connectivity index (χ1v) is 10.1. The number of hydrogen-bond donors (Lipinski definition) is 2. The van der Waals surface area contributed by atoms with Crippen LogP contribution in [0.5, 0.6) is 5.75 Å². The van der Waals surface area contributed by atoms with Crippen molar-refractivity contribution in [3.63, 3.8) is 0 Å². The zero-order valence-corrected chi connectivity index (χ0v) is 17.7. The molecule has 0 aliphatic rings. The van der Waals surface area contributed by atoms with Crippen LogP contribution in [0.2, 0.25) is 5.02 Å². The number of aromatic nitrogens is 1. The van der Waals surface area contributed by atoms with Crippen molar-refractivity contribution in [1.82, 2.24) is 4.98 Å².